The van der Waals surface area contributed by atoms with Gasteiger partial charge in [0.05, 0.1) is 14.2 Å². The Kier molecular flexibility index (Phi) is 2.09. The monoisotopic (exact) mass is 188 g/mol. The molecule has 0 heterocycles. The summed E-state index contributed by atoms with van der Waals surface area (Å²) in [6.07, 6.45) is 6.34. The Morgan fingerprint density at radius 1 is 1.29 bits per heavy atom. The molecule has 0 saturated heterocycles. The van der Waals surface area contributed by atoms with Crippen molar-refractivity contribution in [1.82, 2.24) is 0 Å². The first kappa shape index (κ1) is 8.96. The molecule has 1 aliphatic carbocycles. The minimum atomic E-state index is 0.254. The quantitative estimate of drug-likeness (QED) is 0.661. The third kappa shape index (κ3) is 1.13. The molecule has 1 aromatic carbocycles. The number of methoxy groups -OCH3 is 2. The van der Waals surface area contributed by atoms with Gasteiger partial charge in [-0.3, -0.25) is 0 Å². The van der Waals surface area contributed by atoms with Gasteiger partial charge in [-0.2, -0.15) is 0 Å². The lowest BCUT2D eigenvalue weighted by Gasteiger charge is -2.27. The van der Waals surface area contributed by atoms with E-state index < -0.39 is 0 Å². The second-order valence-electron chi connectivity index (χ2n) is 3.33. The first-order chi connectivity index (χ1) is 6.80. The summed E-state index contributed by atoms with van der Waals surface area (Å²) >= 11 is 0. The topological polar surface area (TPSA) is 18.5 Å². The first-order valence-electron chi connectivity index (χ1n) is 4.51. The van der Waals surface area contributed by atoms with Crippen molar-refractivity contribution in [2.75, 3.05) is 14.2 Å². The lowest BCUT2D eigenvalue weighted by molar-refractivity contribution is 0.353. The molecule has 0 aromatic heterocycles. The fraction of sp³-hybridized carbons (Fsp3) is 0.333. The van der Waals surface area contributed by atoms with Crippen LogP contribution in [0, 0.1) is 12.3 Å². The van der Waals surface area contributed by atoms with Crippen molar-refractivity contribution >= 4 is 0 Å². The zero-order valence-electron chi connectivity index (χ0n) is 8.33. The number of rotatable bonds is 2. The third-order valence-corrected chi connectivity index (χ3v) is 2.65. The zero-order chi connectivity index (χ0) is 10.1. The summed E-state index contributed by atoms with van der Waals surface area (Å²) in [5, 5.41) is 0. The van der Waals surface area contributed by atoms with Gasteiger partial charge in [0.25, 0.3) is 0 Å². The Hall–Kier alpha value is -1.62. The molecule has 0 N–H and O–H groups in total. The van der Waals surface area contributed by atoms with Crippen LogP contribution in [0.1, 0.15) is 17.0 Å². The second kappa shape index (κ2) is 3.26. The lowest BCUT2D eigenvalue weighted by Crippen LogP contribution is -2.15. The molecule has 14 heavy (non-hydrogen) atoms. The lowest BCUT2D eigenvalue weighted by atomic mass is 9.78. The molecule has 0 aliphatic heterocycles. The summed E-state index contributed by atoms with van der Waals surface area (Å²) in [6.45, 7) is 0. The summed E-state index contributed by atoms with van der Waals surface area (Å²) in [5.74, 6) is 4.54. The number of fused-ring (bicyclic) bond motifs is 1. The molecule has 2 nitrogen and oxygen atoms in total. The Bertz CT molecular complexity index is 402. The van der Waals surface area contributed by atoms with Gasteiger partial charge < -0.3 is 9.47 Å². The molecule has 1 unspecified atom stereocenters. The van der Waals surface area contributed by atoms with Gasteiger partial charge in [-0.05, 0) is 29.7 Å². The van der Waals surface area contributed by atoms with Gasteiger partial charge in [-0.15, -0.1) is 6.42 Å². The number of benzene rings is 1. The van der Waals surface area contributed by atoms with Crippen molar-refractivity contribution in [2.24, 2.45) is 0 Å². The van der Waals surface area contributed by atoms with E-state index in [9.17, 15) is 0 Å². The molecule has 0 spiro atoms. The fourth-order valence-corrected chi connectivity index (χ4v) is 1.79. The normalized spacial score (nSPS) is 17.6. The Labute approximate surface area is 83.8 Å². The van der Waals surface area contributed by atoms with Crippen LogP contribution in [-0.4, -0.2) is 14.2 Å². The Morgan fingerprint density at radius 3 is 2.50 bits per heavy atom. The molecule has 0 radical (unpaired) electrons. The van der Waals surface area contributed by atoms with E-state index in [4.69, 9.17) is 15.9 Å². The maximum Gasteiger partial charge on any atom is 0.161 e. The van der Waals surface area contributed by atoms with E-state index in [0.717, 1.165) is 17.9 Å². The van der Waals surface area contributed by atoms with Gasteiger partial charge in [0, 0.05) is 5.92 Å². The van der Waals surface area contributed by atoms with Crippen molar-refractivity contribution < 1.29 is 9.47 Å². The van der Waals surface area contributed by atoms with Crippen LogP contribution >= 0.6 is 0 Å². The van der Waals surface area contributed by atoms with Gasteiger partial charge in [-0.25, -0.2) is 0 Å². The summed E-state index contributed by atoms with van der Waals surface area (Å²) in [7, 11) is 3.27. The van der Waals surface area contributed by atoms with Crippen molar-refractivity contribution in [3.8, 4) is 23.8 Å². The highest BCUT2D eigenvalue weighted by Gasteiger charge is 2.26. The van der Waals surface area contributed by atoms with Crippen LogP contribution < -0.4 is 9.47 Å². The van der Waals surface area contributed by atoms with Crippen LogP contribution in [0.25, 0.3) is 0 Å². The molecule has 1 atom stereocenters. The SMILES string of the molecule is C#CC1Cc2cc(OC)c(OC)cc21. The van der Waals surface area contributed by atoms with E-state index in [1.54, 1.807) is 14.2 Å². The van der Waals surface area contributed by atoms with E-state index in [-0.39, 0.29) is 5.92 Å². The van der Waals surface area contributed by atoms with Crippen LogP contribution in [0.4, 0.5) is 0 Å². The van der Waals surface area contributed by atoms with E-state index >= 15 is 0 Å². The van der Waals surface area contributed by atoms with Crippen LogP contribution in [0.15, 0.2) is 12.1 Å². The molecule has 0 bridgehead atoms. The summed E-state index contributed by atoms with van der Waals surface area (Å²) in [5.41, 5.74) is 2.47. The summed E-state index contributed by atoms with van der Waals surface area (Å²) in [4.78, 5) is 0. The average molecular weight is 188 g/mol. The molecule has 2 rings (SSSR count). The predicted octanol–water partition coefficient (Wildman–Crippen LogP) is 1.98. The minimum absolute atomic E-state index is 0.254. The van der Waals surface area contributed by atoms with Crippen LogP contribution in [0.5, 0.6) is 11.5 Å². The van der Waals surface area contributed by atoms with Crippen LogP contribution in [0.3, 0.4) is 0 Å². The van der Waals surface area contributed by atoms with E-state index in [1.165, 1.54) is 11.1 Å². The van der Waals surface area contributed by atoms with Gasteiger partial charge in [0.15, 0.2) is 11.5 Å². The van der Waals surface area contributed by atoms with Gasteiger partial charge >= 0.3 is 0 Å². The molecule has 1 aromatic rings. The highest BCUT2D eigenvalue weighted by atomic mass is 16.5. The van der Waals surface area contributed by atoms with Gasteiger partial charge in [0.1, 0.15) is 0 Å². The summed E-state index contributed by atoms with van der Waals surface area (Å²) < 4.78 is 10.4. The Morgan fingerprint density at radius 2 is 1.93 bits per heavy atom. The molecular weight excluding hydrogens is 176 g/mol. The minimum Gasteiger partial charge on any atom is -0.493 e. The first-order valence-corrected chi connectivity index (χ1v) is 4.51. The number of hydrogen-bond acceptors (Lipinski definition) is 2. The number of ether oxygens (including phenoxy) is 2. The van der Waals surface area contributed by atoms with Gasteiger partial charge in [-0.1, -0.05) is 5.92 Å². The van der Waals surface area contributed by atoms with E-state index in [0.29, 0.717) is 0 Å². The van der Waals surface area contributed by atoms with Crippen molar-refractivity contribution in [2.45, 2.75) is 12.3 Å². The van der Waals surface area contributed by atoms with Crippen LogP contribution in [0.2, 0.25) is 0 Å². The van der Waals surface area contributed by atoms with E-state index in [1.807, 2.05) is 12.1 Å². The predicted molar refractivity (Wildman–Crippen MR) is 54.8 cm³/mol. The average Bonchev–Trinajstić information content (AvgIpc) is 2.20. The molecule has 0 saturated carbocycles. The van der Waals surface area contributed by atoms with Gasteiger partial charge in [0.2, 0.25) is 0 Å². The standard InChI is InChI=1S/C12H12O2/c1-4-8-5-9-6-11(13-2)12(14-3)7-10(8)9/h1,6-8H,5H2,2-3H3. The zero-order valence-corrected chi connectivity index (χ0v) is 8.33. The van der Waals surface area contributed by atoms with Crippen molar-refractivity contribution in [3.05, 3.63) is 23.3 Å². The third-order valence-electron chi connectivity index (χ3n) is 2.65. The largest absolute Gasteiger partial charge is 0.493 e. The molecule has 0 fully saturated rings. The fourth-order valence-electron chi connectivity index (χ4n) is 1.79. The maximum atomic E-state index is 5.39. The number of hydrogen-bond donors (Lipinski definition) is 0. The highest BCUT2D eigenvalue weighted by molar-refractivity contribution is 5.55. The van der Waals surface area contributed by atoms with E-state index in [2.05, 4.69) is 5.92 Å². The maximum absolute atomic E-state index is 5.39. The Balaban J connectivity index is 2.44. The van der Waals surface area contributed by atoms with Crippen molar-refractivity contribution in [3.63, 3.8) is 0 Å². The molecule has 0 amide bonds. The molecular formula is C12H12O2. The smallest absolute Gasteiger partial charge is 0.161 e. The van der Waals surface area contributed by atoms with Crippen molar-refractivity contribution in [1.29, 1.82) is 0 Å². The molecule has 2 heteroatoms. The second-order valence-corrected chi connectivity index (χ2v) is 3.33. The number of terminal acetylenes is 1. The molecule has 1 aliphatic rings. The summed E-state index contributed by atoms with van der Waals surface area (Å²) in [6, 6.07) is 3.98. The van der Waals surface area contributed by atoms with Crippen LogP contribution in [-0.2, 0) is 6.42 Å². The molecule has 72 valence electrons. The highest BCUT2D eigenvalue weighted by Crippen LogP contribution is 2.41.